The zero-order valence-electron chi connectivity index (χ0n) is 12.8. The van der Waals surface area contributed by atoms with Crippen molar-refractivity contribution in [2.24, 2.45) is 7.05 Å². The molecule has 3 aromatic heterocycles. The minimum atomic E-state index is -0.186. The Hall–Kier alpha value is -2.48. The van der Waals surface area contributed by atoms with Gasteiger partial charge in [-0.3, -0.25) is 4.79 Å². The zero-order chi connectivity index (χ0) is 16.6. The lowest BCUT2D eigenvalue weighted by Crippen LogP contribution is -2.07. The second-order valence-electron chi connectivity index (χ2n) is 5.02. The maximum Gasteiger partial charge on any atom is 0.222 e. The van der Waals surface area contributed by atoms with Crippen LogP contribution in [0.15, 0.2) is 29.3 Å². The third-order valence-electron chi connectivity index (χ3n) is 3.31. The number of fused-ring (bicyclic) bond motifs is 1. The fourth-order valence-electron chi connectivity index (χ4n) is 2.25. The standard InChI is InChI=1S/C15H14BrN5O2/c1-8-11(7-18-14-13(8)21(3)15(16)20-14)23-10-4-5-17-12(6-10)19-9(2)22/h4-7H,1-3H3,(H,17,19,22). The van der Waals surface area contributed by atoms with E-state index < -0.39 is 0 Å². The largest absolute Gasteiger partial charge is 0.455 e. The zero-order valence-corrected chi connectivity index (χ0v) is 14.4. The van der Waals surface area contributed by atoms with Crippen molar-refractivity contribution in [3.8, 4) is 11.5 Å². The first kappa shape index (κ1) is 15.4. The maximum absolute atomic E-state index is 11.1. The first-order valence-electron chi connectivity index (χ1n) is 6.84. The van der Waals surface area contributed by atoms with Gasteiger partial charge in [0.05, 0.1) is 11.7 Å². The van der Waals surface area contributed by atoms with E-state index in [4.69, 9.17) is 4.74 Å². The number of nitrogens with one attached hydrogen (secondary N) is 1. The Bertz CT molecular complexity index is 906. The Morgan fingerprint density at radius 3 is 2.91 bits per heavy atom. The first-order chi connectivity index (χ1) is 11.0. The van der Waals surface area contributed by atoms with Gasteiger partial charge in [-0.2, -0.15) is 0 Å². The number of anilines is 1. The molecule has 0 atom stereocenters. The molecular weight excluding hydrogens is 362 g/mol. The maximum atomic E-state index is 11.1. The van der Waals surface area contributed by atoms with Crippen molar-refractivity contribution < 1.29 is 9.53 Å². The van der Waals surface area contributed by atoms with Crippen LogP contribution in [-0.4, -0.2) is 25.4 Å². The summed E-state index contributed by atoms with van der Waals surface area (Å²) in [6.45, 7) is 3.38. The third-order valence-corrected chi connectivity index (χ3v) is 4.02. The molecule has 8 heteroatoms. The topological polar surface area (TPSA) is 81.9 Å². The van der Waals surface area contributed by atoms with Crippen LogP contribution in [0.5, 0.6) is 11.5 Å². The Morgan fingerprint density at radius 2 is 2.17 bits per heavy atom. The van der Waals surface area contributed by atoms with Gasteiger partial charge in [0.15, 0.2) is 16.1 Å². The van der Waals surface area contributed by atoms with E-state index in [9.17, 15) is 4.79 Å². The second kappa shape index (κ2) is 5.96. The Balaban J connectivity index is 1.97. The number of imidazole rings is 1. The summed E-state index contributed by atoms with van der Waals surface area (Å²) in [7, 11) is 1.90. The summed E-state index contributed by atoms with van der Waals surface area (Å²) in [5.41, 5.74) is 2.47. The van der Waals surface area contributed by atoms with Crippen molar-refractivity contribution in [2.45, 2.75) is 13.8 Å². The molecule has 1 amide bonds. The molecule has 0 radical (unpaired) electrons. The van der Waals surface area contributed by atoms with Crippen LogP contribution >= 0.6 is 15.9 Å². The minimum Gasteiger partial charge on any atom is -0.455 e. The fourth-order valence-corrected chi connectivity index (χ4v) is 2.60. The molecule has 0 saturated heterocycles. The number of hydrogen-bond acceptors (Lipinski definition) is 5. The van der Waals surface area contributed by atoms with Crippen LogP contribution in [0.1, 0.15) is 12.5 Å². The van der Waals surface area contributed by atoms with Gasteiger partial charge in [-0.1, -0.05) is 0 Å². The van der Waals surface area contributed by atoms with E-state index in [-0.39, 0.29) is 5.91 Å². The smallest absolute Gasteiger partial charge is 0.222 e. The van der Waals surface area contributed by atoms with Crippen LogP contribution in [0.3, 0.4) is 0 Å². The number of ether oxygens (including phenoxy) is 1. The van der Waals surface area contributed by atoms with Crippen LogP contribution in [0.2, 0.25) is 0 Å². The number of carbonyl (C=O) groups excluding carboxylic acids is 1. The van der Waals surface area contributed by atoms with Crippen molar-refractivity contribution in [1.82, 2.24) is 19.5 Å². The highest BCUT2D eigenvalue weighted by Gasteiger charge is 2.14. The number of amides is 1. The number of carbonyl (C=O) groups is 1. The van der Waals surface area contributed by atoms with E-state index in [0.717, 1.165) is 11.1 Å². The number of aryl methyl sites for hydroxylation is 2. The molecule has 3 aromatic rings. The Labute approximate surface area is 140 Å². The monoisotopic (exact) mass is 375 g/mol. The van der Waals surface area contributed by atoms with Gasteiger partial charge in [0.2, 0.25) is 5.91 Å². The molecule has 0 spiro atoms. The Morgan fingerprint density at radius 1 is 1.39 bits per heavy atom. The minimum absolute atomic E-state index is 0.186. The van der Waals surface area contributed by atoms with Crippen molar-refractivity contribution in [3.05, 3.63) is 34.8 Å². The molecule has 1 N–H and O–H groups in total. The number of rotatable bonds is 3. The summed E-state index contributed by atoms with van der Waals surface area (Å²) in [6, 6.07) is 3.37. The molecule has 0 aromatic carbocycles. The summed E-state index contributed by atoms with van der Waals surface area (Å²) < 4.78 is 8.50. The van der Waals surface area contributed by atoms with Crippen LogP contribution in [-0.2, 0) is 11.8 Å². The van der Waals surface area contributed by atoms with E-state index >= 15 is 0 Å². The number of hydrogen-bond donors (Lipinski definition) is 1. The summed E-state index contributed by atoms with van der Waals surface area (Å²) in [5.74, 6) is 1.43. The van der Waals surface area contributed by atoms with Crippen LogP contribution in [0, 0.1) is 6.92 Å². The van der Waals surface area contributed by atoms with Gasteiger partial charge in [-0.05, 0) is 28.9 Å². The second-order valence-corrected chi connectivity index (χ2v) is 5.73. The molecule has 7 nitrogen and oxygen atoms in total. The predicted octanol–water partition coefficient (Wildman–Crippen LogP) is 3.18. The normalized spacial score (nSPS) is 10.8. The third kappa shape index (κ3) is 3.02. The van der Waals surface area contributed by atoms with Crippen molar-refractivity contribution in [2.75, 3.05) is 5.32 Å². The quantitative estimate of drug-likeness (QED) is 0.759. The van der Waals surface area contributed by atoms with E-state index in [2.05, 4.69) is 36.2 Å². The van der Waals surface area contributed by atoms with Gasteiger partial charge in [0.25, 0.3) is 0 Å². The van der Waals surface area contributed by atoms with Crippen molar-refractivity contribution >= 4 is 38.8 Å². The number of nitrogens with zero attached hydrogens (tertiary/aromatic N) is 4. The average molecular weight is 376 g/mol. The van der Waals surface area contributed by atoms with Crippen molar-refractivity contribution in [1.29, 1.82) is 0 Å². The molecule has 0 aliphatic rings. The highest BCUT2D eigenvalue weighted by molar-refractivity contribution is 9.10. The van der Waals surface area contributed by atoms with Gasteiger partial charge >= 0.3 is 0 Å². The summed E-state index contributed by atoms with van der Waals surface area (Å²) in [6.07, 6.45) is 3.21. The predicted molar refractivity (Wildman–Crippen MR) is 89.6 cm³/mol. The highest BCUT2D eigenvalue weighted by Crippen LogP contribution is 2.30. The number of aromatic nitrogens is 4. The van der Waals surface area contributed by atoms with Gasteiger partial charge in [0, 0.05) is 31.8 Å². The van der Waals surface area contributed by atoms with Crippen LogP contribution in [0.25, 0.3) is 11.2 Å². The molecule has 0 bridgehead atoms. The summed E-state index contributed by atoms with van der Waals surface area (Å²) in [5, 5.41) is 2.62. The molecular formula is C15H14BrN5O2. The number of pyridine rings is 2. The molecule has 23 heavy (non-hydrogen) atoms. The molecule has 3 rings (SSSR count). The fraction of sp³-hybridized carbons (Fsp3) is 0.200. The van der Waals surface area contributed by atoms with Crippen LogP contribution < -0.4 is 10.1 Å². The molecule has 0 fully saturated rings. The lowest BCUT2D eigenvalue weighted by molar-refractivity contribution is -0.114. The van der Waals surface area contributed by atoms with E-state index in [1.165, 1.54) is 6.92 Å². The summed E-state index contributed by atoms with van der Waals surface area (Å²) >= 11 is 3.39. The molecule has 0 aliphatic heterocycles. The van der Waals surface area contributed by atoms with Crippen LogP contribution in [0.4, 0.5) is 5.82 Å². The van der Waals surface area contributed by atoms with Gasteiger partial charge in [0.1, 0.15) is 11.6 Å². The van der Waals surface area contributed by atoms with E-state index in [1.807, 2.05) is 18.5 Å². The highest BCUT2D eigenvalue weighted by atomic mass is 79.9. The molecule has 0 aliphatic carbocycles. The average Bonchev–Trinajstić information content (AvgIpc) is 2.78. The molecule has 3 heterocycles. The molecule has 0 saturated carbocycles. The van der Waals surface area contributed by atoms with E-state index in [1.54, 1.807) is 24.5 Å². The van der Waals surface area contributed by atoms with Gasteiger partial charge < -0.3 is 14.6 Å². The van der Waals surface area contributed by atoms with Gasteiger partial charge in [-0.25, -0.2) is 15.0 Å². The summed E-state index contributed by atoms with van der Waals surface area (Å²) in [4.78, 5) is 23.8. The molecule has 0 unspecified atom stereocenters. The van der Waals surface area contributed by atoms with Gasteiger partial charge in [-0.15, -0.1) is 0 Å². The van der Waals surface area contributed by atoms with Crippen molar-refractivity contribution in [3.63, 3.8) is 0 Å². The van der Waals surface area contributed by atoms with E-state index in [0.29, 0.717) is 27.7 Å². The lowest BCUT2D eigenvalue weighted by atomic mass is 10.2. The first-order valence-corrected chi connectivity index (χ1v) is 7.64. The lowest BCUT2D eigenvalue weighted by Gasteiger charge is -2.10. The number of halogens is 1. The SMILES string of the molecule is CC(=O)Nc1cc(Oc2cnc3nc(Br)n(C)c3c2C)ccn1. The molecule has 118 valence electrons. The Kier molecular flexibility index (Phi) is 3.99.